The first-order chi connectivity index (χ1) is 13.0. The van der Waals surface area contributed by atoms with Crippen molar-refractivity contribution < 1.29 is 13.9 Å². The van der Waals surface area contributed by atoms with Gasteiger partial charge in [-0.15, -0.1) is 0 Å². The van der Waals surface area contributed by atoms with Crippen LogP contribution in [0.5, 0.6) is 0 Å². The quantitative estimate of drug-likeness (QED) is 0.453. The number of hydrogen-bond donors (Lipinski definition) is 2. The lowest BCUT2D eigenvalue weighted by Gasteiger charge is -2.17. The van der Waals surface area contributed by atoms with E-state index < -0.39 is 0 Å². The summed E-state index contributed by atoms with van der Waals surface area (Å²) >= 11 is 5.30. The van der Waals surface area contributed by atoms with Crippen LogP contribution in [0.15, 0.2) is 42.5 Å². The summed E-state index contributed by atoms with van der Waals surface area (Å²) in [4.78, 5) is 11.9. The highest BCUT2D eigenvalue weighted by Gasteiger charge is 2.25. The van der Waals surface area contributed by atoms with Gasteiger partial charge in [-0.05, 0) is 60.3 Å². The van der Waals surface area contributed by atoms with E-state index >= 15 is 0 Å². The van der Waals surface area contributed by atoms with Gasteiger partial charge in [-0.25, -0.2) is 4.39 Å². The zero-order valence-electron chi connectivity index (χ0n) is 15.3. The molecule has 1 unspecified atom stereocenters. The molecule has 0 radical (unpaired) electrons. The Morgan fingerprint density at radius 3 is 2.89 bits per heavy atom. The van der Waals surface area contributed by atoms with Crippen molar-refractivity contribution in [2.45, 2.75) is 32.2 Å². The molecule has 2 aromatic carbocycles. The van der Waals surface area contributed by atoms with E-state index in [0.29, 0.717) is 18.1 Å². The Labute approximate surface area is 164 Å². The molecular formula is C21H23FN2O2S. The summed E-state index contributed by atoms with van der Waals surface area (Å²) in [6.07, 6.45) is 1.78. The molecule has 4 nitrogen and oxygen atoms in total. The van der Waals surface area contributed by atoms with Crippen LogP contribution in [0.1, 0.15) is 34.7 Å². The number of benzene rings is 2. The molecule has 0 amide bonds. The fraction of sp³-hybridized carbons (Fsp3) is 0.333. The van der Waals surface area contributed by atoms with Crippen LogP contribution in [-0.2, 0) is 22.4 Å². The van der Waals surface area contributed by atoms with Crippen LogP contribution in [0.3, 0.4) is 0 Å². The van der Waals surface area contributed by atoms with Gasteiger partial charge >= 0.3 is 5.97 Å². The second kappa shape index (κ2) is 8.95. The number of carbonyl (C=O) groups is 1. The molecular weight excluding hydrogens is 363 g/mol. The second-order valence-electron chi connectivity index (χ2n) is 6.62. The van der Waals surface area contributed by atoms with E-state index in [2.05, 4.69) is 10.6 Å². The molecule has 0 saturated carbocycles. The van der Waals surface area contributed by atoms with Crippen LogP contribution in [0, 0.1) is 12.7 Å². The van der Waals surface area contributed by atoms with Gasteiger partial charge in [0.2, 0.25) is 0 Å². The van der Waals surface area contributed by atoms with E-state index in [4.69, 9.17) is 17.0 Å². The Balaban J connectivity index is 1.38. The van der Waals surface area contributed by atoms with Crippen molar-refractivity contribution in [2.75, 3.05) is 13.2 Å². The lowest BCUT2D eigenvalue weighted by molar-refractivity contribution is -0.142. The van der Waals surface area contributed by atoms with Crippen molar-refractivity contribution >= 4 is 23.3 Å². The minimum Gasteiger partial charge on any atom is -0.464 e. The van der Waals surface area contributed by atoms with E-state index in [0.717, 1.165) is 28.7 Å². The minimum atomic E-state index is -0.259. The van der Waals surface area contributed by atoms with E-state index in [-0.39, 0.29) is 30.9 Å². The zero-order chi connectivity index (χ0) is 19.2. The number of esters is 1. The van der Waals surface area contributed by atoms with Crippen LogP contribution in [0.25, 0.3) is 0 Å². The lowest BCUT2D eigenvalue weighted by Crippen LogP contribution is -2.38. The van der Waals surface area contributed by atoms with Crippen molar-refractivity contribution in [2.24, 2.45) is 0 Å². The Morgan fingerprint density at radius 2 is 2.07 bits per heavy atom. The van der Waals surface area contributed by atoms with Crippen molar-refractivity contribution in [3.05, 3.63) is 70.5 Å². The number of hydrogen-bond acceptors (Lipinski definition) is 3. The third-order valence-corrected chi connectivity index (χ3v) is 5.03. The van der Waals surface area contributed by atoms with Crippen molar-refractivity contribution in [3.63, 3.8) is 0 Å². The molecule has 3 rings (SSSR count). The summed E-state index contributed by atoms with van der Waals surface area (Å²) in [7, 11) is 0. The summed E-state index contributed by atoms with van der Waals surface area (Å²) in [6, 6.07) is 12.9. The molecule has 27 heavy (non-hydrogen) atoms. The number of fused-ring (bicyclic) bond motifs is 1. The number of aryl methyl sites for hydroxylation is 1. The van der Waals surface area contributed by atoms with E-state index in [1.54, 1.807) is 6.07 Å². The number of halogens is 1. The molecule has 142 valence electrons. The molecule has 6 heteroatoms. The second-order valence-corrected chi connectivity index (χ2v) is 7.03. The Hall–Kier alpha value is -2.47. The molecule has 0 fully saturated rings. The van der Waals surface area contributed by atoms with E-state index in [1.807, 2.05) is 37.3 Å². The number of ether oxygens (including phenoxy) is 1. The SMILES string of the molecule is Cc1ccccc1CC(=O)OCCNC(=S)NC1CCc2c(F)cccc21. The fourth-order valence-electron chi connectivity index (χ4n) is 3.31. The predicted octanol–water partition coefficient (Wildman–Crippen LogP) is 3.37. The van der Waals surface area contributed by atoms with Gasteiger partial charge < -0.3 is 15.4 Å². The highest BCUT2D eigenvalue weighted by Crippen LogP contribution is 2.32. The molecule has 2 aromatic rings. The van der Waals surface area contributed by atoms with Gasteiger partial charge in [-0.1, -0.05) is 36.4 Å². The maximum atomic E-state index is 13.8. The van der Waals surface area contributed by atoms with Gasteiger partial charge in [-0.2, -0.15) is 0 Å². The summed E-state index contributed by atoms with van der Waals surface area (Å²) in [5.74, 6) is -0.415. The third-order valence-electron chi connectivity index (χ3n) is 4.77. The predicted molar refractivity (Wildman–Crippen MR) is 107 cm³/mol. The van der Waals surface area contributed by atoms with E-state index in [1.165, 1.54) is 6.07 Å². The molecule has 1 atom stereocenters. The van der Waals surface area contributed by atoms with Crippen molar-refractivity contribution in [3.8, 4) is 0 Å². The van der Waals surface area contributed by atoms with Gasteiger partial charge in [0.15, 0.2) is 5.11 Å². The standard InChI is InChI=1S/C21H23FN2O2S/c1-14-5-2-3-6-15(14)13-20(25)26-12-11-23-21(27)24-19-10-9-16-17(19)7-4-8-18(16)22/h2-8,19H,9-13H2,1H3,(H2,23,24,27). The normalized spacial score (nSPS) is 15.1. The van der Waals surface area contributed by atoms with Gasteiger partial charge in [0.05, 0.1) is 19.0 Å². The number of rotatable bonds is 6. The monoisotopic (exact) mass is 386 g/mol. The number of carbonyl (C=O) groups excluding carboxylic acids is 1. The maximum Gasteiger partial charge on any atom is 0.310 e. The first-order valence-corrected chi connectivity index (χ1v) is 9.47. The lowest BCUT2D eigenvalue weighted by atomic mass is 10.1. The largest absolute Gasteiger partial charge is 0.464 e. The van der Waals surface area contributed by atoms with Crippen LogP contribution < -0.4 is 10.6 Å². The molecule has 0 aliphatic heterocycles. The molecule has 0 aromatic heterocycles. The molecule has 0 heterocycles. The van der Waals surface area contributed by atoms with Crippen LogP contribution in [0.4, 0.5) is 4.39 Å². The highest BCUT2D eigenvalue weighted by molar-refractivity contribution is 7.80. The van der Waals surface area contributed by atoms with Gasteiger partial charge in [0, 0.05) is 0 Å². The van der Waals surface area contributed by atoms with Gasteiger partial charge in [0.25, 0.3) is 0 Å². The summed E-state index contributed by atoms with van der Waals surface area (Å²) in [5.41, 5.74) is 3.78. The number of nitrogens with one attached hydrogen (secondary N) is 2. The smallest absolute Gasteiger partial charge is 0.310 e. The van der Waals surface area contributed by atoms with Crippen molar-refractivity contribution in [1.29, 1.82) is 0 Å². The van der Waals surface area contributed by atoms with E-state index in [9.17, 15) is 9.18 Å². The van der Waals surface area contributed by atoms with Gasteiger partial charge in [0.1, 0.15) is 12.4 Å². The number of thiocarbonyl (C=S) groups is 1. The highest BCUT2D eigenvalue weighted by atomic mass is 32.1. The molecule has 2 N–H and O–H groups in total. The topological polar surface area (TPSA) is 50.4 Å². The average Bonchev–Trinajstić information content (AvgIpc) is 3.05. The van der Waals surface area contributed by atoms with Crippen LogP contribution in [-0.4, -0.2) is 24.2 Å². The summed E-state index contributed by atoms with van der Waals surface area (Å²) in [5, 5.41) is 6.72. The maximum absolute atomic E-state index is 13.8. The molecule has 1 aliphatic rings. The fourth-order valence-corrected chi connectivity index (χ4v) is 3.56. The van der Waals surface area contributed by atoms with Crippen molar-refractivity contribution in [1.82, 2.24) is 10.6 Å². The first-order valence-electron chi connectivity index (χ1n) is 9.06. The Morgan fingerprint density at radius 1 is 1.26 bits per heavy atom. The molecule has 0 bridgehead atoms. The minimum absolute atomic E-state index is 0.0132. The zero-order valence-corrected chi connectivity index (χ0v) is 16.1. The molecule has 0 spiro atoms. The van der Waals surface area contributed by atoms with Gasteiger partial charge in [-0.3, -0.25) is 4.79 Å². The molecule has 1 aliphatic carbocycles. The Kier molecular flexibility index (Phi) is 6.40. The third kappa shape index (κ3) is 5.04. The van der Waals surface area contributed by atoms with Crippen LogP contribution >= 0.6 is 12.2 Å². The summed E-state index contributed by atoms with van der Waals surface area (Å²) < 4.78 is 19.0. The average molecular weight is 386 g/mol. The van der Waals surface area contributed by atoms with Crippen LogP contribution in [0.2, 0.25) is 0 Å². The Bertz CT molecular complexity index is 841. The first kappa shape index (κ1) is 19.3. The molecule has 0 saturated heterocycles. The summed E-state index contributed by atoms with van der Waals surface area (Å²) in [6.45, 7) is 2.64.